The van der Waals surface area contributed by atoms with Crippen LogP contribution >= 0.6 is 11.8 Å². The Morgan fingerprint density at radius 1 is 1.29 bits per heavy atom. The lowest BCUT2D eigenvalue weighted by atomic mass is 9.99. The molecule has 5 heteroatoms. The van der Waals surface area contributed by atoms with Gasteiger partial charge in [0.1, 0.15) is 0 Å². The number of hydrogen-bond donors (Lipinski definition) is 1. The number of rotatable bonds is 5. The molecule has 0 amide bonds. The SMILES string of the molecule is COC(=O)CC(C)C(O)CC(=O)SC(C)(C)C. The van der Waals surface area contributed by atoms with Crippen molar-refractivity contribution < 1.29 is 19.4 Å². The number of thioether (sulfide) groups is 1. The van der Waals surface area contributed by atoms with E-state index in [1.807, 2.05) is 20.8 Å². The Labute approximate surface area is 107 Å². The van der Waals surface area contributed by atoms with Gasteiger partial charge in [-0.2, -0.15) is 0 Å². The molecular formula is C12H22O4S. The van der Waals surface area contributed by atoms with Gasteiger partial charge in [-0.1, -0.05) is 39.5 Å². The van der Waals surface area contributed by atoms with Crippen LogP contribution in [0, 0.1) is 5.92 Å². The summed E-state index contributed by atoms with van der Waals surface area (Å²) < 4.78 is 4.37. The molecule has 17 heavy (non-hydrogen) atoms. The normalized spacial score (nSPS) is 15.2. The van der Waals surface area contributed by atoms with Gasteiger partial charge in [0, 0.05) is 11.2 Å². The Morgan fingerprint density at radius 3 is 2.24 bits per heavy atom. The molecule has 4 nitrogen and oxygen atoms in total. The Kier molecular flexibility index (Phi) is 6.78. The maximum absolute atomic E-state index is 11.6. The predicted molar refractivity (Wildman–Crippen MR) is 68.8 cm³/mol. The monoisotopic (exact) mass is 262 g/mol. The average molecular weight is 262 g/mol. The maximum atomic E-state index is 11.6. The molecule has 0 spiro atoms. The van der Waals surface area contributed by atoms with Crippen molar-refractivity contribution in [1.29, 1.82) is 0 Å². The molecule has 2 atom stereocenters. The first kappa shape index (κ1) is 16.4. The zero-order valence-corrected chi connectivity index (χ0v) is 12.0. The Bertz CT molecular complexity index is 270. The Hall–Kier alpha value is -0.550. The van der Waals surface area contributed by atoms with E-state index in [1.165, 1.54) is 18.9 Å². The van der Waals surface area contributed by atoms with Crippen molar-refractivity contribution in [2.24, 2.45) is 5.92 Å². The van der Waals surface area contributed by atoms with Gasteiger partial charge in [-0.3, -0.25) is 9.59 Å². The van der Waals surface area contributed by atoms with Crippen molar-refractivity contribution in [3.05, 3.63) is 0 Å². The van der Waals surface area contributed by atoms with Crippen molar-refractivity contribution in [3.63, 3.8) is 0 Å². The summed E-state index contributed by atoms with van der Waals surface area (Å²) in [7, 11) is 1.31. The van der Waals surface area contributed by atoms with Gasteiger partial charge in [-0.05, 0) is 5.92 Å². The van der Waals surface area contributed by atoms with Gasteiger partial charge < -0.3 is 9.84 Å². The lowest BCUT2D eigenvalue weighted by molar-refractivity contribution is -0.142. The maximum Gasteiger partial charge on any atom is 0.305 e. The highest BCUT2D eigenvalue weighted by Crippen LogP contribution is 2.26. The molecule has 0 aromatic carbocycles. The lowest BCUT2D eigenvalue weighted by Gasteiger charge is -2.20. The second-order valence-electron chi connectivity index (χ2n) is 5.12. The zero-order chi connectivity index (χ0) is 13.6. The van der Waals surface area contributed by atoms with Gasteiger partial charge in [-0.25, -0.2) is 0 Å². The second kappa shape index (κ2) is 7.01. The van der Waals surface area contributed by atoms with E-state index in [9.17, 15) is 14.7 Å². The summed E-state index contributed by atoms with van der Waals surface area (Å²) >= 11 is 1.21. The van der Waals surface area contributed by atoms with E-state index in [0.29, 0.717) is 0 Å². The summed E-state index contributed by atoms with van der Waals surface area (Å²) in [6, 6.07) is 0. The summed E-state index contributed by atoms with van der Waals surface area (Å²) in [5, 5.41) is 9.73. The first-order valence-electron chi connectivity index (χ1n) is 5.62. The van der Waals surface area contributed by atoms with E-state index in [4.69, 9.17) is 0 Å². The number of esters is 1. The molecule has 0 aliphatic carbocycles. The third kappa shape index (κ3) is 8.21. The highest BCUT2D eigenvalue weighted by Gasteiger charge is 2.24. The fraction of sp³-hybridized carbons (Fsp3) is 0.833. The first-order valence-corrected chi connectivity index (χ1v) is 6.44. The van der Waals surface area contributed by atoms with Crippen molar-refractivity contribution >= 4 is 22.8 Å². The lowest BCUT2D eigenvalue weighted by Crippen LogP contribution is -2.24. The van der Waals surface area contributed by atoms with Crippen LogP contribution in [0.3, 0.4) is 0 Å². The van der Waals surface area contributed by atoms with Crippen LogP contribution in [-0.2, 0) is 14.3 Å². The molecule has 1 N–H and O–H groups in total. The molecule has 0 saturated carbocycles. The number of hydrogen-bond acceptors (Lipinski definition) is 5. The molecule has 2 unspecified atom stereocenters. The fourth-order valence-electron chi connectivity index (χ4n) is 1.24. The van der Waals surface area contributed by atoms with E-state index in [2.05, 4.69) is 4.74 Å². The van der Waals surface area contributed by atoms with E-state index < -0.39 is 6.10 Å². The molecule has 0 fully saturated rings. The minimum atomic E-state index is -0.795. The van der Waals surface area contributed by atoms with E-state index in [1.54, 1.807) is 6.92 Å². The van der Waals surface area contributed by atoms with E-state index in [0.717, 1.165) is 0 Å². The minimum absolute atomic E-state index is 0.0540. The van der Waals surface area contributed by atoms with Crippen LogP contribution in [0.15, 0.2) is 0 Å². The standard InChI is InChI=1S/C12H22O4S/c1-8(6-10(14)16-5)9(13)7-11(15)17-12(2,3)4/h8-9,13H,6-7H2,1-5H3. The molecule has 0 saturated heterocycles. The summed E-state index contributed by atoms with van der Waals surface area (Å²) in [5.41, 5.74) is 0. The average Bonchev–Trinajstić information content (AvgIpc) is 2.14. The number of methoxy groups -OCH3 is 1. The van der Waals surface area contributed by atoms with Gasteiger partial charge in [0.15, 0.2) is 5.12 Å². The van der Waals surface area contributed by atoms with Crippen LogP contribution in [0.5, 0.6) is 0 Å². The molecule has 0 bridgehead atoms. The summed E-state index contributed by atoms with van der Waals surface area (Å²) in [4.78, 5) is 22.6. The number of aliphatic hydroxyl groups is 1. The Morgan fingerprint density at radius 2 is 1.82 bits per heavy atom. The quantitative estimate of drug-likeness (QED) is 0.768. The molecule has 0 aliphatic rings. The van der Waals surface area contributed by atoms with Crippen molar-refractivity contribution in [1.82, 2.24) is 0 Å². The van der Waals surface area contributed by atoms with Crippen LogP contribution < -0.4 is 0 Å². The fourth-order valence-corrected chi connectivity index (χ4v) is 2.17. The van der Waals surface area contributed by atoms with Gasteiger partial charge in [0.25, 0.3) is 0 Å². The number of carbonyl (C=O) groups is 2. The first-order chi connectivity index (χ1) is 7.65. The minimum Gasteiger partial charge on any atom is -0.469 e. The van der Waals surface area contributed by atoms with Crippen LogP contribution in [0.1, 0.15) is 40.5 Å². The third-order valence-corrected chi connectivity index (χ3v) is 3.18. The molecular weight excluding hydrogens is 240 g/mol. The molecule has 0 heterocycles. The number of aliphatic hydroxyl groups excluding tert-OH is 1. The van der Waals surface area contributed by atoms with Gasteiger partial charge in [0.2, 0.25) is 0 Å². The van der Waals surface area contributed by atoms with Gasteiger partial charge >= 0.3 is 5.97 Å². The molecule has 0 radical (unpaired) electrons. The van der Waals surface area contributed by atoms with E-state index >= 15 is 0 Å². The smallest absolute Gasteiger partial charge is 0.305 e. The zero-order valence-electron chi connectivity index (χ0n) is 11.1. The number of ether oxygens (including phenoxy) is 1. The summed E-state index contributed by atoms with van der Waals surface area (Å²) in [6.07, 6.45) is -0.595. The van der Waals surface area contributed by atoms with Gasteiger partial charge in [-0.15, -0.1) is 0 Å². The summed E-state index contributed by atoms with van der Waals surface area (Å²) in [5.74, 6) is -0.639. The van der Waals surface area contributed by atoms with Crippen molar-refractivity contribution in [2.75, 3.05) is 7.11 Å². The highest BCUT2D eigenvalue weighted by molar-refractivity contribution is 8.14. The molecule has 100 valence electrons. The van der Waals surface area contributed by atoms with Crippen LogP contribution in [0.4, 0.5) is 0 Å². The van der Waals surface area contributed by atoms with Gasteiger partial charge in [0.05, 0.1) is 19.6 Å². The van der Waals surface area contributed by atoms with Crippen LogP contribution in [0.2, 0.25) is 0 Å². The van der Waals surface area contributed by atoms with Crippen molar-refractivity contribution in [3.8, 4) is 0 Å². The molecule has 0 aromatic rings. The largest absolute Gasteiger partial charge is 0.469 e. The van der Waals surface area contributed by atoms with E-state index in [-0.39, 0.29) is 34.6 Å². The highest BCUT2D eigenvalue weighted by atomic mass is 32.2. The Balaban J connectivity index is 4.12. The van der Waals surface area contributed by atoms with Crippen LogP contribution in [0.25, 0.3) is 0 Å². The van der Waals surface area contributed by atoms with Crippen molar-refractivity contribution in [2.45, 2.75) is 51.4 Å². The molecule has 0 aromatic heterocycles. The molecule has 0 aliphatic heterocycles. The van der Waals surface area contributed by atoms with Crippen LogP contribution in [-0.4, -0.2) is 34.2 Å². The topological polar surface area (TPSA) is 63.6 Å². The predicted octanol–water partition coefficient (Wildman–Crippen LogP) is 1.99. The third-order valence-electron chi connectivity index (χ3n) is 2.17. The second-order valence-corrected chi connectivity index (χ2v) is 7.00. The summed E-state index contributed by atoms with van der Waals surface area (Å²) in [6.45, 7) is 7.57. The number of carbonyl (C=O) groups excluding carboxylic acids is 2. The molecule has 0 rings (SSSR count).